The predicted molar refractivity (Wildman–Crippen MR) is 99.7 cm³/mol. The molecule has 1 aliphatic rings. The van der Waals surface area contributed by atoms with E-state index in [9.17, 15) is 9.59 Å². The average molecular weight is 354 g/mol. The number of ether oxygens (including phenoxy) is 2. The fraction of sp³-hybridized carbons (Fsp3) is 0.300. The van der Waals surface area contributed by atoms with Gasteiger partial charge in [-0.2, -0.15) is 0 Å². The zero-order valence-corrected chi connectivity index (χ0v) is 14.9. The number of imide groups is 1. The van der Waals surface area contributed by atoms with E-state index in [1.165, 1.54) is 4.90 Å². The lowest BCUT2D eigenvalue weighted by Gasteiger charge is -2.16. The lowest BCUT2D eigenvalue weighted by atomic mass is 10.2. The third-order valence-electron chi connectivity index (χ3n) is 4.15. The number of anilines is 2. The van der Waals surface area contributed by atoms with E-state index in [2.05, 4.69) is 5.32 Å². The predicted octanol–water partition coefficient (Wildman–Crippen LogP) is 3.23. The molecule has 1 fully saturated rings. The standard InChI is InChI=1S/C20H22N2O4/c1-3-12-26-17-10-6-15(7-11-17)22-19(23)13-18(20(22)24)21-14-4-8-16(25-2)9-5-14/h4-11,18,21H,3,12-13H2,1-2H3/t18-/m1/s1. The van der Waals surface area contributed by atoms with E-state index in [1.54, 1.807) is 43.5 Å². The third kappa shape index (κ3) is 3.79. The summed E-state index contributed by atoms with van der Waals surface area (Å²) < 4.78 is 10.7. The summed E-state index contributed by atoms with van der Waals surface area (Å²) in [6.45, 7) is 2.67. The highest BCUT2D eigenvalue weighted by Crippen LogP contribution is 2.27. The van der Waals surface area contributed by atoms with Gasteiger partial charge in [0.15, 0.2) is 0 Å². The number of methoxy groups -OCH3 is 1. The molecule has 0 saturated carbocycles. The molecule has 6 heteroatoms. The molecule has 6 nitrogen and oxygen atoms in total. The van der Waals surface area contributed by atoms with Crippen molar-refractivity contribution in [3.05, 3.63) is 48.5 Å². The zero-order chi connectivity index (χ0) is 18.5. The van der Waals surface area contributed by atoms with Crippen molar-refractivity contribution in [2.75, 3.05) is 23.9 Å². The second kappa shape index (κ2) is 7.91. The fourth-order valence-corrected chi connectivity index (χ4v) is 2.82. The van der Waals surface area contributed by atoms with Gasteiger partial charge in [-0.05, 0) is 55.0 Å². The molecule has 1 aliphatic heterocycles. The van der Waals surface area contributed by atoms with Crippen molar-refractivity contribution < 1.29 is 19.1 Å². The van der Waals surface area contributed by atoms with Crippen molar-refractivity contribution in [2.24, 2.45) is 0 Å². The summed E-state index contributed by atoms with van der Waals surface area (Å²) >= 11 is 0. The van der Waals surface area contributed by atoms with E-state index in [0.717, 1.165) is 23.6 Å². The Hall–Kier alpha value is -3.02. The van der Waals surface area contributed by atoms with E-state index in [4.69, 9.17) is 9.47 Å². The Labute approximate surface area is 152 Å². The molecule has 0 unspecified atom stereocenters. The van der Waals surface area contributed by atoms with Crippen LogP contribution in [0.2, 0.25) is 0 Å². The Morgan fingerprint density at radius 1 is 1.04 bits per heavy atom. The van der Waals surface area contributed by atoms with Gasteiger partial charge in [0.2, 0.25) is 5.91 Å². The maximum Gasteiger partial charge on any atom is 0.256 e. The van der Waals surface area contributed by atoms with E-state index in [-0.39, 0.29) is 18.2 Å². The fourth-order valence-electron chi connectivity index (χ4n) is 2.82. The van der Waals surface area contributed by atoms with Crippen LogP contribution in [0.5, 0.6) is 11.5 Å². The Balaban J connectivity index is 1.69. The Bertz CT molecular complexity index is 771. The lowest BCUT2D eigenvalue weighted by Crippen LogP contribution is -2.34. The molecule has 1 N–H and O–H groups in total. The van der Waals surface area contributed by atoms with Crippen LogP contribution >= 0.6 is 0 Å². The molecule has 2 aromatic rings. The van der Waals surface area contributed by atoms with E-state index < -0.39 is 6.04 Å². The highest BCUT2D eigenvalue weighted by Gasteiger charge is 2.39. The first-order valence-corrected chi connectivity index (χ1v) is 8.62. The SMILES string of the molecule is CCCOc1ccc(N2C(=O)C[C@@H](Nc3ccc(OC)cc3)C2=O)cc1. The van der Waals surface area contributed by atoms with Gasteiger partial charge < -0.3 is 14.8 Å². The smallest absolute Gasteiger partial charge is 0.256 e. The average Bonchev–Trinajstić information content (AvgIpc) is 2.94. The monoisotopic (exact) mass is 354 g/mol. The topological polar surface area (TPSA) is 67.9 Å². The van der Waals surface area contributed by atoms with Crippen LogP contribution < -0.4 is 19.7 Å². The molecule has 2 aromatic carbocycles. The van der Waals surface area contributed by atoms with Crippen LogP contribution in [0.3, 0.4) is 0 Å². The first kappa shape index (κ1) is 17.8. The first-order valence-electron chi connectivity index (χ1n) is 8.62. The Kier molecular flexibility index (Phi) is 5.41. The largest absolute Gasteiger partial charge is 0.497 e. The number of hydrogen-bond acceptors (Lipinski definition) is 5. The van der Waals surface area contributed by atoms with Gasteiger partial charge in [0.25, 0.3) is 5.91 Å². The van der Waals surface area contributed by atoms with E-state index in [1.807, 2.05) is 19.1 Å². The minimum Gasteiger partial charge on any atom is -0.497 e. The Morgan fingerprint density at radius 2 is 1.69 bits per heavy atom. The number of hydrogen-bond donors (Lipinski definition) is 1. The second-order valence-corrected chi connectivity index (χ2v) is 6.04. The van der Waals surface area contributed by atoms with Crippen molar-refractivity contribution in [3.63, 3.8) is 0 Å². The molecule has 2 amide bonds. The number of rotatable bonds is 7. The van der Waals surface area contributed by atoms with Gasteiger partial charge in [-0.25, -0.2) is 4.90 Å². The number of benzene rings is 2. The molecule has 1 saturated heterocycles. The lowest BCUT2D eigenvalue weighted by molar-refractivity contribution is -0.121. The molecule has 0 aliphatic carbocycles. The van der Waals surface area contributed by atoms with Crippen molar-refractivity contribution >= 4 is 23.2 Å². The summed E-state index contributed by atoms with van der Waals surface area (Å²) in [7, 11) is 1.60. The number of carbonyl (C=O) groups excluding carboxylic acids is 2. The summed E-state index contributed by atoms with van der Waals surface area (Å²) in [5.74, 6) is 0.982. The van der Waals surface area contributed by atoms with E-state index in [0.29, 0.717) is 12.3 Å². The minimum atomic E-state index is -0.577. The van der Waals surface area contributed by atoms with Gasteiger partial charge in [-0.15, -0.1) is 0 Å². The van der Waals surface area contributed by atoms with Crippen LogP contribution in [0.15, 0.2) is 48.5 Å². The van der Waals surface area contributed by atoms with Crippen molar-refractivity contribution in [1.29, 1.82) is 0 Å². The molecule has 3 rings (SSSR count). The van der Waals surface area contributed by atoms with Crippen LogP contribution in [-0.2, 0) is 9.59 Å². The van der Waals surface area contributed by atoms with Gasteiger partial charge in [0, 0.05) is 5.69 Å². The summed E-state index contributed by atoms with van der Waals surface area (Å²) in [5, 5.41) is 3.12. The summed E-state index contributed by atoms with van der Waals surface area (Å²) in [4.78, 5) is 26.3. The molecule has 0 spiro atoms. The minimum absolute atomic E-state index is 0.124. The normalized spacial score (nSPS) is 16.7. The molecule has 1 heterocycles. The molecule has 0 aromatic heterocycles. The summed E-state index contributed by atoms with van der Waals surface area (Å²) in [6, 6.07) is 13.7. The van der Waals surface area contributed by atoms with Gasteiger partial charge >= 0.3 is 0 Å². The van der Waals surface area contributed by atoms with E-state index >= 15 is 0 Å². The summed E-state index contributed by atoms with van der Waals surface area (Å²) in [6.07, 6.45) is 1.04. The number of nitrogens with zero attached hydrogens (tertiary/aromatic N) is 1. The molecular formula is C20H22N2O4. The van der Waals surface area contributed by atoms with Crippen LogP contribution in [0, 0.1) is 0 Å². The van der Waals surface area contributed by atoms with Crippen molar-refractivity contribution in [1.82, 2.24) is 0 Å². The van der Waals surface area contributed by atoms with Crippen LogP contribution in [0.25, 0.3) is 0 Å². The third-order valence-corrected chi connectivity index (χ3v) is 4.15. The van der Waals surface area contributed by atoms with Crippen molar-refractivity contribution in [3.8, 4) is 11.5 Å². The Morgan fingerprint density at radius 3 is 2.31 bits per heavy atom. The number of amides is 2. The van der Waals surface area contributed by atoms with Crippen LogP contribution in [-0.4, -0.2) is 31.6 Å². The summed E-state index contributed by atoms with van der Waals surface area (Å²) in [5.41, 5.74) is 1.32. The molecule has 1 atom stereocenters. The van der Waals surface area contributed by atoms with Crippen molar-refractivity contribution in [2.45, 2.75) is 25.8 Å². The van der Waals surface area contributed by atoms with Gasteiger partial charge in [0.05, 0.1) is 25.8 Å². The quantitative estimate of drug-likeness (QED) is 0.773. The van der Waals surface area contributed by atoms with Gasteiger partial charge in [-0.1, -0.05) is 6.92 Å². The van der Waals surface area contributed by atoms with Crippen LogP contribution in [0.1, 0.15) is 19.8 Å². The zero-order valence-electron chi connectivity index (χ0n) is 14.9. The number of nitrogens with one attached hydrogen (secondary N) is 1. The highest BCUT2D eigenvalue weighted by atomic mass is 16.5. The maximum atomic E-state index is 12.7. The molecule has 0 radical (unpaired) electrons. The highest BCUT2D eigenvalue weighted by molar-refractivity contribution is 6.23. The van der Waals surface area contributed by atoms with Gasteiger partial charge in [0.1, 0.15) is 17.5 Å². The second-order valence-electron chi connectivity index (χ2n) is 6.04. The maximum absolute atomic E-state index is 12.7. The molecular weight excluding hydrogens is 332 g/mol. The van der Waals surface area contributed by atoms with Crippen LogP contribution in [0.4, 0.5) is 11.4 Å². The first-order chi connectivity index (χ1) is 12.6. The molecule has 0 bridgehead atoms. The van der Waals surface area contributed by atoms with Gasteiger partial charge in [-0.3, -0.25) is 9.59 Å². The molecule has 136 valence electrons. The number of carbonyl (C=O) groups is 2. The molecule has 26 heavy (non-hydrogen) atoms.